The van der Waals surface area contributed by atoms with Crippen LogP contribution >= 0.6 is 0 Å². The Balaban J connectivity index is 1.38. The van der Waals surface area contributed by atoms with E-state index in [1.165, 1.54) is 0 Å². The van der Waals surface area contributed by atoms with E-state index in [4.69, 9.17) is 9.47 Å². The molecule has 0 unspecified atom stereocenters. The average Bonchev–Trinajstić information content (AvgIpc) is 3.14. The number of aromatic nitrogens is 2. The van der Waals surface area contributed by atoms with E-state index in [0.717, 1.165) is 61.4 Å². The van der Waals surface area contributed by atoms with Crippen molar-refractivity contribution < 1.29 is 9.47 Å². The minimum absolute atomic E-state index is 0.298. The van der Waals surface area contributed by atoms with Crippen molar-refractivity contribution in [1.82, 2.24) is 14.9 Å². The smallest absolute Gasteiger partial charge is 0.231 e. The molecule has 2 aromatic rings. The van der Waals surface area contributed by atoms with Crippen molar-refractivity contribution in [2.75, 3.05) is 49.7 Å². The molecule has 2 aliphatic heterocycles. The van der Waals surface area contributed by atoms with Gasteiger partial charge >= 0.3 is 0 Å². The quantitative estimate of drug-likeness (QED) is 0.892. The molecule has 2 aliphatic rings. The number of likely N-dealkylation sites (N-methyl/N-ethyl adjacent to an activating group) is 1. The Bertz CT molecular complexity index is 731. The molecular formula is C18H23N5O2. The van der Waals surface area contributed by atoms with Crippen molar-refractivity contribution in [1.29, 1.82) is 0 Å². The van der Waals surface area contributed by atoms with Crippen LogP contribution in [0.4, 0.5) is 11.6 Å². The fourth-order valence-electron chi connectivity index (χ4n) is 3.15. The Morgan fingerprint density at radius 1 is 1.04 bits per heavy atom. The first-order chi connectivity index (χ1) is 12.3. The lowest BCUT2D eigenvalue weighted by Crippen LogP contribution is -2.46. The van der Waals surface area contributed by atoms with E-state index in [0.29, 0.717) is 13.3 Å². The number of nitrogens with one attached hydrogen (secondary N) is 1. The molecule has 0 spiro atoms. The topological polar surface area (TPSA) is 62.8 Å². The lowest BCUT2D eigenvalue weighted by Gasteiger charge is -2.34. The molecule has 132 valence electrons. The first-order valence-electron chi connectivity index (χ1n) is 8.73. The maximum absolute atomic E-state index is 5.42. The maximum atomic E-state index is 5.42. The SMILES string of the molecule is CCN1CCN(c2cc(NCc3ccc4c(c3)OCO4)ncn2)CC1. The summed E-state index contributed by atoms with van der Waals surface area (Å²) in [4.78, 5) is 13.5. The van der Waals surface area contributed by atoms with E-state index in [1.807, 2.05) is 24.3 Å². The van der Waals surface area contributed by atoms with Crippen molar-refractivity contribution in [2.45, 2.75) is 13.5 Å². The van der Waals surface area contributed by atoms with Crippen LogP contribution in [0.2, 0.25) is 0 Å². The van der Waals surface area contributed by atoms with Gasteiger partial charge in [-0.2, -0.15) is 0 Å². The monoisotopic (exact) mass is 341 g/mol. The summed E-state index contributed by atoms with van der Waals surface area (Å²) in [5.41, 5.74) is 1.13. The molecular weight excluding hydrogens is 318 g/mol. The molecule has 1 aromatic heterocycles. The molecule has 0 bridgehead atoms. The Morgan fingerprint density at radius 3 is 2.72 bits per heavy atom. The normalized spacial score (nSPS) is 16.9. The number of piperazine rings is 1. The van der Waals surface area contributed by atoms with Crippen LogP contribution in [-0.4, -0.2) is 54.4 Å². The average molecular weight is 341 g/mol. The highest BCUT2D eigenvalue weighted by Crippen LogP contribution is 2.32. The molecule has 4 rings (SSSR count). The summed E-state index contributed by atoms with van der Waals surface area (Å²) in [6.07, 6.45) is 1.63. The van der Waals surface area contributed by atoms with Crippen LogP contribution in [0, 0.1) is 0 Å². The minimum Gasteiger partial charge on any atom is -0.454 e. The first-order valence-corrected chi connectivity index (χ1v) is 8.73. The lowest BCUT2D eigenvalue weighted by molar-refractivity contribution is 0.174. The second-order valence-electron chi connectivity index (χ2n) is 6.22. The van der Waals surface area contributed by atoms with Crippen LogP contribution in [0.5, 0.6) is 11.5 Å². The summed E-state index contributed by atoms with van der Waals surface area (Å²) in [5.74, 6) is 3.43. The third kappa shape index (κ3) is 3.61. The van der Waals surface area contributed by atoms with E-state index in [9.17, 15) is 0 Å². The second kappa shape index (κ2) is 7.14. The molecule has 1 N–H and O–H groups in total. The number of nitrogens with zero attached hydrogens (tertiary/aromatic N) is 4. The largest absolute Gasteiger partial charge is 0.454 e. The molecule has 0 saturated carbocycles. The predicted molar refractivity (Wildman–Crippen MR) is 96.3 cm³/mol. The zero-order valence-electron chi connectivity index (χ0n) is 14.4. The molecule has 0 amide bonds. The molecule has 1 aromatic carbocycles. The number of hydrogen-bond donors (Lipinski definition) is 1. The number of fused-ring (bicyclic) bond motifs is 1. The van der Waals surface area contributed by atoms with Crippen molar-refractivity contribution in [3.05, 3.63) is 36.2 Å². The van der Waals surface area contributed by atoms with Gasteiger partial charge in [0.25, 0.3) is 0 Å². The van der Waals surface area contributed by atoms with Gasteiger partial charge in [0, 0.05) is 38.8 Å². The summed E-state index contributed by atoms with van der Waals surface area (Å²) >= 11 is 0. The van der Waals surface area contributed by atoms with Crippen LogP contribution in [0.25, 0.3) is 0 Å². The number of ether oxygens (including phenoxy) is 2. The van der Waals surface area contributed by atoms with E-state index in [1.54, 1.807) is 6.33 Å². The van der Waals surface area contributed by atoms with E-state index in [-0.39, 0.29) is 0 Å². The van der Waals surface area contributed by atoms with Gasteiger partial charge in [0.15, 0.2) is 11.5 Å². The molecule has 1 saturated heterocycles. The van der Waals surface area contributed by atoms with Crippen molar-refractivity contribution in [2.24, 2.45) is 0 Å². The molecule has 3 heterocycles. The van der Waals surface area contributed by atoms with Crippen LogP contribution in [0.3, 0.4) is 0 Å². The fraction of sp³-hybridized carbons (Fsp3) is 0.444. The molecule has 0 radical (unpaired) electrons. The van der Waals surface area contributed by atoms with Crippen molar-refractivity contribution in [3.8, 4) is 11.5 Å². The fourth-order valence-corrected chi connectivity index (χ4v) is 3.15. The Kier molecular flexibility index (Phi) is 4.56. The van der Waals surface area contributed by atoms with Gasteiger partial charge in [0.1, 0.15) is 18.0 Å². The van der Waals surface area contributed by atoms with Gasteiger partial charge in [0.05, 0.1) is 0 Å². The van der Waals surface area contributed by atoms with Crippen LogP contribution in [-0.2, 0) is 6.54 Å². The molecule has 7 nitrogen and oxygen atoms in total. The minimum atomic E-state index is 0.298. The van der Waals surface area contributed by atoms with Crippen LogP contribution < -0.4 is 19.7 Å². The summed E-state index contributed by atoms with van der Waals surface area (Å²) < 4.78 is 10.8. The molecule has 7 heteroatoms. The summed E-state index contributed by atoms with van der Waals surface area (Å²) in [5, 5.41) is 3.37. The third-order valence-corrected chi connectivity index (χ3v) is 4.71. The Hall–Kier alpha value is -2.54. The molecule has 1 fully saturated rings. The van der Waals surface area contributed by atoms with E-state index < -0.39 is 0 Å². The highest BCUT2D eigenvalue weighted by Gasteiger charge is 2.17. The number of hydrogen-bond acceptors (Lipinski definition) is 7. The van der Waals surface area contributed by atoms with Gasteiger partial charge in [-0.25, -0.2) is 9.97 Å². The van der Waals surface area contributed by atoms with Crippen molar-refractivity contribution in [3.63, 3.8) is 0 Å². The Morgan fingerprint density at radius 2 is 1.88 bits per heavy atom. The van der Waals surface area contributed by atoms with E-state index >= 15 is 0 Å². The zero-order chi connectivity index (χ0) is 17.1. The zero-order valence-corrected chi connectivity index (χ0v) is 14.4. The molecule has 25 heavy (non-hydrogen) atoms. The molecule has 0 aliphatic carbocycles. The van der Waals surface area contributed by atoms with Crippen LogP contribution in [0.15, 0.2) is 30.6 Å². The summed E-state index contributed by atoms with van der Waals surface area (Å²) in [7, 11) is 0. The second-order valence-corrected chi connectivity index (χ2v) is 6.22. The third-order valence-electron chi connectivity index (χ3n) is 4.71. The Labute approximate surface area is 147 Å². The summed E-state index contributed by atoms with van der Waals surface area (Å²) in [6.45, 7) is 8.47. The number of rotatable bonds is 5. The number of benzene rings is 1. The summed E-state index contributed by atoms with van der Waals surface area (Å²) in [6, 6.07) is 8.00. The highest BCUT2D eigenvalue weighted by atomic mass is 16.7. The van der Waals surface area contributed by atoms with Gasteiger partial charge in [-0.05, 0) is 24.2 Å². The first kappa shape index (κ1) is 16.0. The van der Waals surface area contributed by atoms with Crippen molar-refractivity contribution >= 4 is 11.6 Å². The van der Waals surface area contributed by atoms with Gasteiger partial charge < -0.3 is 24.6 Å². The lowest BCUT2D eigenvalue weighted by atomic mass is 10.2. The number of anilines is 2. The van der Waals surface area contributed by atoms with Gasteiger partial charge in [0.2, 0.25) is 6.79 Å². The molecule has 0 atom stereocenters. The van der Waals surface area contributed by atoms with Gasteiger partial charge in [-0.1, -0.05) is 13.0 Å². The highest BCUT2D eigenvalue weighted by molar-refractivity contribution is 5.50. The van der Waals surface area contributed by atoms with Crippen LogP contribution in [0.1, 0.15) is 12.5 Å². The standard InChI is InChI=1S/C18H23N5O2/c1-2-22-5-7-23(8-6-22)18-10-17(20-12-21-18)19-11-14-3-4-15-16(9-14)25-13-24-15/h3-4,9-10,12H,2,5-8,11,13H2,1H3,(H,19,20,21). The predicted octanol–water partition coefficient (Wildman–Crippen LogP) is 1.96. The van der Waals surface area contributed by atoms with Gasteiger partial charge in [-0.15, -0.1) is 0 Å². The van der Waals surface area contributed by atoms with Gasteiger partial charge in [-0.3, -0.25) is 0 Å². The maximum Gasteiger partial charge on any atom is 0.231 e. The van der Waals surface area contributed by atoms with E-state index in [2.05, 4.69) is 32.0 Å².